The van der Waals surface area contributed by atoms with E-state index in [9.17, 15) is 49.4 Å². The number of ketones is 1. The van der Waals surface area contributed by atoms with E-state index in [0.29, 0.717) is 32.1 Å². The maximum atomic E-state index is 12.8. The summed E-state index contributed by atoms with van der Waals surface area (Å²) in [6.07, 6.45) is 25.2. The SMILES string of the molecule is CCC/C=C\C/C=C\CCCCCCCC(=O)OC[C@H](COP(=O)(O)OC1[C@H](O)[C@H](O)C(O)[C@H](O)[C@H]1O)OC(=O)CCC/C=C\C/C=C\C/C=C\C=C\C(=O)CCCCC. The van der Waals surface area contributed by atoms with Gasteiger partial charge in [-0.3, -0.25) is 23.4 Å². The molecule has 1 aliphatic carbocycles. The number of esters is 2. The summed E-state index contributed by atoms with van der Waals surface area (Å²) in [6.45, 7) is 2.98. The van der Waals surface area contributed by atoms with Gasteiger partial charge in [-0.15, -0.1) is 0 Å². The number of ether oxygens (including phenoxy) is 2. The molecule has 3 unspecified atom stereocenters. The molecular formula is C45H73O14P. The molecule has 1 fully saturated rings. The van der Waals surface area contributed by atoms with Crippen LogP contribution in [-0.4, -0.2) is 104 Å². The fourth-order valence-corrected chi connectivity index (χ4v) is 6.89. The average Bonchev–Trinajstić information content (AvgIpc) is 3.22. The van der Waals surface area contributed by atoms with Crippen molar-refractivity contribution in [2.45, 2.75) is 179 Å². The first-order valence-electron chi connectivity index (χ1n) is 21.7. The zero-order valence-corrected chi connectivity index (χ0v) is 36.6. The van der Waals surface area contributed by atoms with E-state index in [2.05, 4.69) is 38.2 Å². The van der Waals surface area contributed by atoms with E-state index in [-0.39, 0.29) is 18.6 Å². The Morgan fingerprint density at radius 2 is 1.10 bits per heavy atom. The lowest BCUT2D eigenvalue weighted by Gasteiger charge is -2.41. The number of aliphatic hydroxyl groups is 5. The number of rotatable bonds is 34. The van der Waals surface area contributed by atoms with E-state index in [1.807, 2.05) is 36.5 Å². The molecule has 0 heterocycles. The van der Waals surface area contributed by atoms with Gasteiger partial charge in [0.1, 0.15) is 43.2 Å². The summed E-state index contributed by atoms with van der Waals surface area (Å²) < 4.78 is 33.3. The summed E-state index contributed by atoms with van der Waals surface area (Å²) in [5.41, 5.74) is 0. The lowest BCUT2D eigenvalue weighted by atomic mass is 9.85. The smallest absolute Gasteiger partial charge is 0.462 e. The number of hydrogen-bond donors (Lipinski definition) is 6. The van der Waals surface area contributed by atoms with E-state index >= 15 is 0 Å². The second-order valence-electron chi connectivity index (χ2n) is 14.9. The Bertz CT molecular complexity index is 1390. The standard InChI is InChI=1S/C45H73O14P/c1-3-5-7-8-9-10-11-12-15-18-21-24-28-32-38(47)56-34-37(35-57-60(54,55)59-45-43(52)41(50)40(49)42(51)44(45)53)58-39(48)33-29-25-22-19-16-13-14-17-20-23-27-31-36(46)30-26-6-4-2/h7-8,10-11,13-14,19-20,22-23,27,31,37,40-45,49-53H,3-6,9,12,15-18,21,24-26,28-30,32-35H2,1-2H3,(H,54,55)/b8-7-,11-10-,14-13-,22-19-,23-20-,31-27+/t37-,40?,41-,42+,43-,44-,45?/m1/s1. The fraction of sp³-hybridized carbons (Fsp3) is 0.667. The quantitative estimate of drug-likeness (QED) is 0.00946. The maximum Gasteiger partial charge on any atom is 0.472 e. The second kappa shape index (κ2) is 34.5. The van der Waals surface area contributed by atoms with Gasteiger partial charge in [0.15, 0.2) is 11.9 Å². The summed E-state index contributed by atoms with van der Waals surface area (Å²) in [5.74, 6) is -1.09. The molecule has 1 saturated carbocycles. The molecule has 0 saturated heterocycles. The Hall–Kier alpha value is -3.04. The lowest BCUT2D eigenvalue weighted by Crippen LogP contribution is -2.64. The van der Waals surface area contributed by atoms with Crippen molar-refractivity contribution in [3.05, 3.63) is 72.9 Å². The maximum absolute atomic E-state index is 12.8. The predicted molar refractivity (Wildman–Crippen MR) is 230 cm³/mol. The molecule has 1 rings (SSSR count). The number of carbonyl (C=O) groups is 3. The van der Waals surface area contributed by atoms with Crippen LogP contribution in [0.25, 0.3) is 0 Å². The van der Waals surface area contributed by atoms with Crippen LogP contribution in [0.1, 0.15) is 136 Å². The summed E-state index contributed by atoms with van der Waals surface area (Å²) in [5, 5.41) is 50.0. The van der Waals surface area contributed by atoms with E-state index in [1.165, 1.54) is 0 Å². The van der Waals surface area contributed by atoms with Crippen molar-refractivity contribution in [3.8, 4) is 0 Å². The third-order valence-corrected chi connectivity index (χ3v) is 10.5. The molecule has 6 N–H and O–H groups in total. The third-order valence-electron chi connectivity index (χ3n) is 9.48. The van der Waals surface area contributed by atoms with Gasteiger partial charge in [0, 0.05) is 19.3 Å². The molecule has 1 aliphatic rings. The van der Waals surface area contributed by atoms with Gasteiger partial charge < -0.3 is 39.9 Å². The van der Waals surface area contributed by atoms with Gasteiger partial charge in [-0.25, -0.2) is 4.57 Å². The average molecular weight is 869 g/mol. The minimum absolute atomic E-state index is 0.0122. The summed E-state index contributed by atoms with van der Waals surface area (Å²) >= 11 is 0. The van der Waals surface area contributed by atoms with Gasteiger partial charge in [-0.1, -0.05) is 119 Å². The van der Waals surface area contributed by atoms with Crippen LogP contribution in [-0.2, 0) is 37.5 Å². The van der Waals surface area contributed by atoms with E-state index in [4.69, 9.17) is 18.5 Å². The van der Waals surface area contributed by atoms with E-state index < -0.39 is 75.7 Å². The number of carbonyl (C=O) groups excluding carboxylic acids is 3. The Balaban J connectivity index is 2.57. The highest BCUT2D eigenvalue weighted by Gasteiger charge is 2.51. The van der Waals surface area contributed by atoms with Gasteiger partial charge in [-0.2, -0.15) is 0 Å². The highest BCUT2D eigenvalue weighted by Crippen LogP contribution is 2.47. The molecule has 60 heavy (non-hydrogen) atoms. The number of aliphatic hydroxyl groups excluding tert-OH is 5. The molecule has 0 radical (unpaired) electrons. The summed E-state index contributed by atoms with van der Waals surface area (Å²) in [7, 11) is -5.15. The summed E-state index contributed by atoms with van der Waals surface area (Å²) in [6, 6.07) is 0. The first kappa shape index (κ1) is 55.0. The van der Waals surface area contributed by atoms with Crippen LogP contribution in [0.3, 0.4) is 0 Å². The first-order valence-corrected chi connectivity index (χ1v) is 23.2. The molecule has 0 aliphatic heterocycles. The monoisotopic (exact) mass is 868 g/mol. The van der Waals surface area contributed by atoms with Crippen LogP contribution in [0.5, 0.6) is 0 Å². The molecule has 342 valence electrons. The first-order chi connectivity index (χ1) is 28.8. The Morgan fingerprint density at radius 1 is 0.567 bits per heavy atom. The van der Waals surface area contributed by atoms with Gasteiger partial charge in [0.2, 0.25) is 0 Å². The van der Waals surface area contributed by atoms with E-state index in [1.54, 1.807) is 12.2 Å². The highest BCUT2D eigenvalue weighted by atomic mass is 31.2. The zero-order valence-electron chi connectivity index (χ0n) is 35.7. The zero-order chi connectivity index (χ0) is 44.4. The van der Waals surface area contributed by atoms with Gasteiger partial charge in [-0.05, 0) is 70.3 Å². The molecule has 0 aromatic heterocycles. The van der Waals surface area contributed by atoms with Gasteiger partial charge >= 0.3 is 19.8 Å². The van der Waals surface area contributed by atoms with Crippen LogP contribution in [0, 0.1) is 0 Å². The minimum Gasteiger partial charge on any atom is -0.462 e. The van der Waals surface area contributed by atoms with Gasteiger partial charge in [0.25, 0.3) is 0 Å². The molecule has 0 spiro atoms. The molecule has 14 nitrogen and oxygen atoms in total. The number of phosphoric ester groups is 1. The fourth-order valence-electron chi connectivity index (χ4n) is 5.92. The molecule has 15 heteroatoms. The second-order valence-corrected chi connectivity index (χ2v) is 16.3. The Labute approximate surface area is 357 Å². The topological polar surface area (TPSA) is 227 Å². The Morgan fingerprint density at radius 3 is 1.75 bits per heavy atom. The van der Waals surface area contributed by atoms with Crippen molar-refractivity contribution in [1.29, 1.82) is 0 Å². The normalized spacial score (nSPS) is 22.8. The molecule has 8 atom stereocenters. The van der Waals surface area contributed by atoms with Crippen molar-refractivity contribution >= 4 is 25.5 Å². The lowest BCUT2D eigenvalue weighted by molar-refractivity contribution is -0.220. The minimum atomic E-state index is -5.15. The number of unbranched alkanes of at least 4 members (excludes halogenated alkanes) is 9. The predicted octanol–water partition coefficient (Wildman–Crippen LogP) is 7.12. The number of allylic oxidation sites excluding steroid dienone is 12. The highest BCUT2D eigenvalue weighted by molar-refractivity contribution is 7.47. The van der Waals surface area contributed by atoms with E-state index in [0.717, 1.165) is 77.0 Å². The molecular weight excluding hydrogens is 795 g/mol. The van der Waals surface area contributed by atoms with Crippen molar-refractivity contribution in [1.82, 2.24) is 0 Å². The molecule has 0 aromatic rings. The molecule has 0 aromatic carbocycles. The van der Waals surface area contributed by atoms with Crippen molar-refractivity contribution < 1.29 is 67.9 Å². The third kappa shape index (κ3) is 27.0. The van der Waals surface area contributed by atoms with Crippen LogP contribution < -0.4 is 0 Å². The van der Waals surface area contributed by atoms with Crippen molar-refractivity contribution in [3.63, 3.8) is 0 Å². The number of hydrogen-bond acceptors (Lipinski definition) is 13. The Kier molecular flexibility index (Phi) is 31.6. The van der Waals surface area contributed by atoms with Crippen LogP contribution in [0.2, 0.25) is 0 Å². The largest absolute Gasteiger partial charge is 0.472 e. The van der Waals surface area contributed by atoms with Crippen LogP contribution in [0.15, 0.2) is 72.9 Å². The van der Waals surface area contributed by atoms with Gasteiger partial charge in [0.05, 0.1) is 6.61 Å². The molecule has 0 bridgehead atoms. The number of phosphoric acid groups is 1. The van der Waals surface area contributed by atoms with Crippen LogP contribution in [0.4, 0.5) is 0 Å². The van der Waals surface area contributed by atoms with Crippen molar-refractivity contribution in [2.75, 3.05) is 13.2 Å². The molecule has 0 amide bonds. The summed E-state index contributed by atoms with van der Waals surface area (Å²) in [4.78, 5) is 47.3. The van der Waals surface area contributed by atoms with Crippen molar-refractivity contribution in [2.24, 2.45) is 0 Å². The van der Waals surface area contributed by atoms with Crippen LogP contribution >= 0.6 is 7.82 Å².